The summed E-state index contributed by atoms with van der Waals surface area (Å²) in [5.41, 5.74) is 0.811. The molecule has 1 heterocycles. The summed E-state index contributed by atoms with van der Waals surface area (Å²) in [7, 11) is 0. The minimum Gasteiger partial charge on any atom is -0.328 e. The lowest BCUT2D eigenvalue weighted by atomic mass is 10.1. The molecule has 1 atom stereocenters. The molecule has 0 aliphatic carbocycles. The first-order chi connectivity index (χ1) is 7.68. The van der Waals surface area contributed by atoms with Gasteiger partial charge in [-0.05, 0) is 5.56 Å². The van der Waals surface area contributed by atoms with Crippen molar-refractivity contribution < 1.29 is 14.4 Å². The highest BCUT2D eigenvalue weighted by Gasteiger charge is 2.30. The van der Waals surface area contributed by atoms with E-state index in [2.05, 4.69) is 5.32 Å². The van der Waals surface area contributed by atoms with E-state index in [4.69, 9.17) is 4.84 Å². The van der Waals surface area contributed by atoms with Crippen molar-refractivity contribution in [2.45, 2.75) is 13.1 Å². The van der Waals surface area contributed by atoms with Crippen LogP contribution in [0.3, 0.4) is 0 Å². The van der Waals surface area contributed by atoms with Gasteiger partial charge in [-0.3, -0.25) is 14.4 Å². The van der Waals surface area contributed by atoms with Crippen LogP contribution in [0.1, 0.15) is 18.7 Å². The van der Waals surface area contributed by atoms with Crippen LogP contribution in [0, 0.1) is 0 Å². The second-order valence-corrected chi connectivity index (χ2v) is 3.50. The molecular formula is C11H12N2O3. The number of hydroxylamine groups is 2. The van der Waals surface area contributed by atoms with E-state index in [9.17, 15) is 9.59 Å². The second-order valence-electron chi connectivity index (χ2n) is 3.50. The molecule has 5 nitrogen and oxygen atoms in total. The molecule has 0 radical (unpaired) electrons. The van der Waals surface area contributed by atoms with Gasteiger partial charge in [-0.15, -0.1) is 0 Å². The lowest BCUT2D eigenvalue weighted by molar-refractivity contribution is -0.217. The van der Waals surface area contributed by atoms with Gasteiger partial charge >= 0.3 is 0 Å². The Morgan fingerprint density at radius 1 is 1.44 bits per heavy atom. The predicted octanol–water partition coefficient (Wildman–Crippen LogP) is 0.595. The van der Waals surface area contributed by atoms with E-state index < -0.39 is 6.17 Å². The molecule has 0 spiro atoms. The number of rotatable bonds is 1. The van der Waals surface area contributed by atoms with E-state index in [-0.39, 0.29) is 18.4 Å². The number of nitrogens with zero attached hydrogens (tertiary/aromatic N) is 1. The fourth-order valence-corrected chi connectivity index (χ4v) is 1.58. The molecule has 1 N–H and O–H groups in total. The van der Waals surface area contributed by atoms with Gasteiger partial charge in [0, 0.05) is 6.92 Å². The van der Waals surface area contributed by atoms with Crippen molar-refractivity contribution in [1.29, 1.82) is 0 Å². The van der Waals surface area contributed by atoms with Crippen LogP contribution < -0.4 is 5.32 Å². The molecule has 1 saturated heterocycles. The fraction of sp³-hybridized carbons (Fsp3) is 0.273. The van der Waals surface area contributed by atoms with Crippen molar-refractivity contribution in [1.82, 2.24) is 10.4 Å². The maximum atomic E-state index is 11.3. The average Bonchev–Trinajstić information content (AvgIpc) is 2.29. The largest absolute Gasteiger partial charge is 0.328 e. The Hall–Kier alpha value is -1.88. The van der Waals surface area contributed by atoms with Gasteiger partial charge in [0.25, 0.3) is 5.91 Å². The SMILES string of the molecule is CC(=O)N1OCC(=O)NC1c1ccccc1. The first kappa shape index (κ1) is 10.6. The molecule has 1 aliphatic heterocycles. The van der Waals surface area contributed by atoms with Crippen molar-refractivity contribution in [3.63, 3.8) is 0 Å². The smallest absolute Gasteiger partial charge is 0.250 e. The summed E-state index contributed by atoms with van der Waals surface area (Å²) in [6.45, 7) is 1.27. The van der Waals surface area contributed by atoms with E-state index in [1.54, 1.807) is 0 Å². The predicted molar refractivity (Wildman–Crippen MR) is 55.8 cm³/mol. The molecule has 84 valence electrons. The Bertz CT molecular complexity index is 405. The Balaban J connectivity index is 2.27. The van der Waals surface area contributed by atoms with Crippen LogP contribution in [0.5, 0.6) is 0 Å². The average molecular weight is 220 g/mol. The second kappa shape index (κ2) is 4.32. The van der Waals surface area contributed by atoms with Crippen LogP contribution in [0.4, 0.5) is 0 Å². The number of hydrogen-bond acceptors (Lipinski definition) is 3. The van der Waals surface area contributed by atoms with Crippen molar-refractivity contribution in [3.05, 3.63) is 35.9 Å². The number of amides is 2. The number of nitrogens with one attached hydrogen (secondary N) is 1. The Labute approximate surface area is 93.0 Å². The highest BCUT2D eigenvalue weighted by atomic mass is 16.7. The molecule has 1 unspecified atom stereocenters. The van der Waals surface area contributed by atoms with Crippen molar-refractivity contribution in [3.8, 4) is 0 Å². The lowest BCUT2D eigenvalue weighted by Gasteiger charge is -2.34. The molecule has 2 rings (SSSR count). The molecule has 0 bridgehead atoms. The quantitative estimate of drug-likeness (QED) is 0.753. The maximum Gasteiger partial charge on any atom is 0.250 e. The normalized spacial score (nSPS) is 20.4. The monoisotopic (exact) mass is 220 g/mol. The third kappa shape index (κ3) is 2.04. The molecule has 0 aromatic heterocycles. The van der Waals surface area contributed by atoms with Crippen LogP contribution >= 0.6 is 0 Å². The van der Waals surface area contributed by atoms with Gasteiger partial charge in [-0.1, -0.05) is 30.3 Å². The summed E-state index contributed by atoms with van der Waals surface area (Å²) >= 11 is 0. The van der Waals surface area contributed by atoms with Crippen molar-refractivity contribution >= 4 is 11.8 Å². The Morgan fingerprint density at radius 2 is 2.12 bits per heavy atom. The zero-order valence-corrected chi connectivity index (χ0v) is 8.84. The zero-order chi connectivity index (χ0) is 11.5. The maximum absolute atomic E-state index is 11.3. The summed E-state index contributed by atoms with van der Waals surface area (Å²) in [5.74, 6) is -0.472. The topological polar surface area (TPSA) is 58.6 Å². The van der Waals surface area contributed by atoms with Crippen LogP contribution in [-0.4, -0.2) is 23.5 Å². The summed E-state index contributed by atoms with van der Waals surface area (Å²) in [4.78, 5) is 27.7. The Kier molecular flexibility index (Phi) is 2.87. The van der Waals surface area contributed by atoms with Gasteiger partial charge in [0.2, 0.25) is 5.91 Å². The molecule has 1 fully saturated rings. The highest BCUT2D eigenvalue weighted by molar-refractivity contribution is 5.80. The molecule has 1 aliphatic rings. The number of benzene rings is 1. The number of carbonyl (C=O) groups is 2. The van der Waals surface area contributed by atoms with E-state index in [1.165, 1.54) is 12.0 Å². The van der Waals surface area contributed by atoms with Crippen molar-refractivity contribution in [2.75, 3.05) is 6.61 Å². The van der Waals surface area contributed by atoms with E-state index in [0.29, 0.717) is 0 Å². The van der Waals surface area contributed by atoms with E-state index >= 15 is 0 Å². The van der Waals surface area contributed by atoms with Crippen LogP contribution in [0.2, 0.25) is 0 Å². The molecular weight excluding hydrogens is 208 g/mol. The first-order valence-electron chi connectivity index (χ1n) is 4.95. The van der Waals surface area contributed by atoms with Gasteiger partial charge in [0.15, 0.2) is 12.8 Å². The van der Waals surface area contributed by atoms with Gasteiger partial charge in [-0.2, -0.15) is 5.06 Å². The molecule has 1 aromatic carbocycles. The van der Waals surface area contributed by atoms with Crippen LogP contribution in [-0.2, 0) is 14.4 Å². The first-order valence-corrected chi connectivity index (χ1v) is 4.95. The number of carbonyl (C=O) groups excluding carboxylic acids is 2. The summed E-state index contributed by atoms with van der Waals surface area (Å²) in [6.07, 6.45) is -0.542. The summed E-state index contributed by atoms with van der Waals surface area (Å²) in [6, 6.07) is 9.21. The van der Waals surface area contributed by atoms with E-state index in [0.717, 1.165) is 5.56 Å². The lowest BCUT2D eigenvalue weighted by Crippen LogP contribution is -2.50. The van der Waals surface area contributed by atoms with Crippen molar-refractivity contribution in [2.24, 2.45) is 0 Å². The highest BCUT2D eigenvalue weighted by Crippen LogP contribution is 2.20. The molecule has 1 aromatic rings. The van der Waals surface area contributed by atoms with Crippen LogP contribution in [0.15, 0.2) is 30.3 Å². The minimum atomic E-state index is -0.542. The zero-order valence-electron chi connectivity index (χ0n) is 8.84. The third-order valence-electron chi connectivity index (χ3n) is 2.29. The van der Waals surface area contributed by atoms with Gasteiger partial charge in [0.1, 0.15) is 0 Å². The van der Waals surface area contributed by atoms with E-state index in [1.807, 2.05) is 30.3 Å². The molecule has 5 heteroatoms. The summed E-state index contributed by atoms with van der Waals surface area (Å²) in [5, 5.41) is 3.88. The van der Waals surface area contributed by atoms with Crippen LogP contribution in [0.25, 0.3) is 0 Å². The van der Waals surface area contributed by atoms with Gasteiger partial charge < -0.3 is 5.32 Å². The molecule has 0 saturated carbocycles. The Morgan fingerprint density at radius 3 is 2.75 bits per heavy atom. The summed E-state index contributed by atoms with van der Waals surface area (Å²) < 4.78 is 0. The fourth-order valence-electron chi connectivity index (χ4n) is 1.58. The molecule has 16 heavy (non-hydrogen) atoms. The number of hydrogen-bond donors (Lipinski definition) is 1. The van der Waals surface area contributed by atoms with Gasteiger partial charge in [-0.25, -0.2) is 0 Å². The minimum absolute atomic E-state index is 0.122. The molecule has 2 amide bonds. The standard InChI is InChI=1S/C11H12N2O3/c1-8(14)13-11(12-10(15)7-16-13)9-5-3-2-4-6-9/h2-6,11H,7H2,1H3,(H,12,15). The third-order valence-corrected chi connectivity index (χ3v) is 2.29. The van der Waals surface area contributed by atoms with Gasteiger partial charge in [0.05, 0.1) is 0 Å².